The van der Waals surface area contributed by atoms with Crippen LogP contribution in [-0.2, 0) is 14.4 Å². The minimum Gasteiger partial charge on any atom is -0.481 e. The standard InChI is InChI=1S/C18H30N2O4/c1-2-12-19-17(24)18(10-4-3-5-11-18)20-15(21)13-6-8-14(9-7-13)16(22)23/h13-14H,2-12H2,1H3,(H,19,24)(H,20,21)(H,22,23). The number of rotatable bonds is 6. The van der Waals surface area contributed by atoms with Gasteiger partial charge >= 0.3 is 5.97 Å². The number of carboxylic acids is 1. The van der Waals surface area contributed by atoms with E-state index in [0.717, 1.165) is 25.7 Å². The van der Waals surface area contributed by atoms with Gasteiger partial charge in [0.1, 0.15) is 5.54 Å². The molecule has 0 aromatic heterocycles. The van der Waals surface area contributed by atoms with Crippen LogP contribution in [0.1, 0.15) is 71.1 Å². The Balaban J connectivity index is 1.97. The molecule has 0 saturated heterocycles. The zero-order valence-corrected chi connectivity index (χ0v) is 14.6. The first-order valence-electron chi connectivity index (χ1n) is 9.31. The number of amides is 2. The molecular formula is C18H30N2O4. The molecule has 0 aromatic carbocycles. The van der Waals surface area contributed by atoms with Gasteiger partial charge in [0.05, 0.1) is 5.92 Å². The van der Waals surface area contributed by atoms with E-state index in [9.17, 15) is 14.4 Å². The van der Waals surface area contributed by atoms with E-state index < -0.39 is 11.5 Å². The first kappa shape index (κ1) is 18.7. The SMILES string of the molecule is CCCNC(=O)C1(NC(=O)C2CCC(C(=O)O)CC2)CCCCC1. The predicted molar refractivity (Wildman–Crippen MR) is 90.3 cm³/mol. The van der Waals surface area contributed by atoms with Crippen LogP contribution in [0.3, 0.4) is 0 Å². The zero-order chi connectivity index (χ0) is 17.6. The Morgan fingerprint density at radius 1 is 1.00 bits per heavy atom. The van der Waals surface area contributed by atoms with Crippen LogP contribution in [0, 0.1) is 11.8 Å². The van der Waals surface area contributed by atoms with Crippen molar-refractivity contribution in [1.29, 1.82) is 0 Å². The highest BCUT2D eigenvalue weighted by atomic mass is 16.4. The molecule has 0 bridgehead atoms. The van der Waals surface area contributed by atoms with Crippen LogP contribution in [0.25, 0.3) is 0 Å². The van der Waals surface area contributed by atoms with Gasteiger partial charge in [-0.05, 0) is 44.9 Å². The average molecular weight is 338 g/mol. The van der Waals surface area contributed by atoms with Crippen LogP contribution in [0.2, 0.25) is 0 Å². The smallest absolute Gasteiger partial charge is 0.306 e. The number of carbonyl (C=O) groups is 3. The second-order valence-electron chi connectivity index (χ2n) is 7.27. The molecule has 2 aliphatic carbocycles. The molecule has 0 aromatic rings. The molecule has 6 nitrogen and oxygen atoms in total. The molecule has 0 radical (unpaired) electrons. The monoisotopic (exact) mass is 338 g/mol. The number of carbonyl (C=O) groups excluding carboxylic acids is 2. The molecular weight excluding hydrogens is 308 g/mol. The quantitative estimate of drug-likeness (QED) is 0.692. The van der Waals surface area contributed by atoms with Crippen LogP contribution < -0.4 is 10.6 Å². The van der Waals surface area contributed by atoms with Gasteiger partial charge < -0.3 is 15.7 Å². The molecule has 2 aliphatic rings. The molecule has 24 heavy (non-hydrogen) atoms. The lowest BCUT2D eigenvalue weighted by Gasteiger charge is -2.38. The van der Waals surface area contributed by atoms with Crippen molar-refractivity contribution in [2.24, 2.45) is 11.8 Å². The van der Waals surface area contributed by atoms with Gasteiger partial charge in [0.25, 0.3) is 0 Å². The van der Waals surface area contributed by atoms with Gasteiger partial charge in [-0.1, -0.05) is 26.2 Å². The van der Waals surface area contributed by atoms with E-state index in [4.69, 9.17) is 5.11 Å². The van der Waals surface area contributed by atoms with E-state index in [0.29, 0.717) is 45.1 Å². The molecule has 136 valence electrons. The summed E-state index contributed by atoms with van der Waals surface area (Å²) in [5.74, 6) is -1.40. The predicted octanol–water partition coefficient (Wildman–Crippen LogP) is 2.22. The van der Waals surface area contributed by atoms with Crippen LogP contribution >= 0.6 is 0 Å². The van der Waals surface area contributed by atoms with Gasteiger partial charge in [0, 0.05) is 12.5 Å². The Morgan fingerprint density at radius 3 is 2.12 bits per heavy atom. The Kier molecular flexibility index (Phi) is 6.63. The maximum atomic E-state index is 12.7. The zero-order valence-electron chi connectivity index (χ0n) is 14.6. The lowest BCUT2D eigenvalue weighted by atomic mass is 9.78. The molecule has 0 heterocycles. The number of nitrogens with one attached hydrogen (secondary N) is 2. The normalized spacial score (nSPS) is 26.4. The maximum absolute atomic E-state index is 12.7. The van der Waals surface area contributed by atoms with Crippen molar-refractivity contribution in [3.63, 3.8) is 0 Å². The van der Waals surface area contributed by atoms with Crippen molar-refractivity contribution in [3.05, 3.63) is 0 Å². The van der Waals surface area contributed by atoms with Crippen LogP contribution in [-0.4, -0.2) is 35.0 Å². The fraction of sp³-hybridized carbons (Fsp3) is 0.833. The second kappa shape index (κ2) is 8.49. The van der Waals surface area contributed by atoms with E-state index in [1.165, 1.54) is 0 Å². The summed E-state index contributed by atoms with van der Waals surface area (Å²) in [6.45, 7) is 2.63. The van der Waals surface area contributed by atoms with Gasteiger partial charge in [-0.3, -0.25) is 14.4 Å². The second-order valence-corrected chi connectivity index (χ2v) is 7.27. The summed E-state index contributed by atoms with van der Waals surface area (Å²) in [4.78, 5) is 36.4. The number of aliphatic carboxylic acids is 1. The molecule has 6 heteroatoms. The van der Waals surface area contributed by atoms with Crippen molar-refractivity contribution < 1.29 is 19.5 Å². The summed E-state index contributed by atoms with van der Waals surface area (Å²) in [6.07, 6.45) is 7.53. The largest absolute Gasteiger partial charge is 0.481 e. The van der Waals surface area contributed by atoms with Gasteiger partial charge in [-0.25, -0.2) is 0 Å². The van der Waals surface area contributed by atoms with E-state index >= 15 is 0 Å². The summed E-state index contributed by atoms with van der Waals surface area (Å²) in [7, 11) is 0. The van der Waals surface area contributed by atoms with Gasteiger partial charge in [0.15, 0.2) is 0 Å². The Hall–Kier alpha value is -1.59. The Bertz CT molecular complexity index is 464. The molecule has 2 rings (SSSR count). The van der Waals surface area contributed by atoms with Crippen LogP contribution in [0.15, 0.2) is 0 Å². The number of hydrogen-bond donors (Lipinski definition) is 3. The summed E-state index contributed by atoms with van der Waals surface area (Å²) in [6, 6.07) is 0. The lowest BCUT2D eigenvalue weighted by Crippen LogP contribution is -2.60. The first-order valence-corrected chi connectivity index (χ1v) is 9.31. The van der Waals surface area contributed by atoms with E-state index in [1.54, 1.807) is 0 Å². The lowest BCUT2D eigenvalue weighted by molar-refractivity contribution is -0.144. The molecule has 0 unspecified atom stereocenters. The highest BCUT2D eigenvalue weighted by Gasteiger charge is 2.42. The van der Waals surface area contributed by atoms with Crippen molar-refractivity contribution in [3.8, 4) is 0 Å². The van der Waals surface area contributed by atoms with Gasteiger partial charge in [-0.15, -0.1) is 0 Å². The minimum atomic E-state index is -0.770. The Morgan fingerprint density at radius 2 is 1.58 bits per heavy atom. The van der Waals surface area contributed by atoms with Crippen molar-refractivity contribution in [2.45, 2.75) is 76.7 Å². The fourth-order valence-corrected chi connectivity index (χ4v) is 3.91. The van der Waals surface area contributed by atoms with Crippen molar-refractivity contribution in [1.82, 2.24) is 10.6 Å². The highest BCUT2D eigenvalue weighted by Crippen LogP contribution is 2.32. The maximum Gasteiger partial charge on any atom is 0.306 e. The summed E-state index contributed by atoms with van der Waals surface area (Å²) >= 11 is 0. The molecule has 3 N–H and O–H groups in total. The van der Waals surface area contributed by atoms with Gasteiger partial charge in [-0.2, -0.15) is 0 Å². The topological polar surface area (TPSA) is 95.5 Å². The fourth-order valence-electron chi connectivity index (χ4n) is 3.91. The highest BCUT2D eigenvalue weighted by molar-refractivity contribution is 5.92. The molecule has 2 amide bonds. The minimum absolute atomic E-state index is 0.0587. The number of hydrogen-bond acceptors (Lipinski definition) is 3. The van der Waals surface area contributed by atoms with Crippen LogP contribution in [0.5, 0.6) is 0 Å². The van der Waals surface area contributed by atoms with Crippen molar-refractivity contribution >= 4 is 17.8 Å². The first-order chi connectivity index (χ1) is 11.5. The molecule has 2 saturated carbocycles. The molecule has 0 spiro atoms. The van der Waals surface area contributed by atoms with Crippen molar-refractivity contribution in [2.75, 3.05) is 6.54 Å². The summed E-state index contributed by atoms with van der Waals surface area (Å²) < 4.78 is 0. The third-order valence-corrected chi connectivity index (χ3v) is 5.49. The third kappa shape index (κ3) is 4.48. The van der Waals surface area contributed by atoms with E-state index in [-0.39, 0.29) is 23.7 Å². The summed E-state index contributed by atoms with van der Waals surface area (Å²) in [5, 5.41) is 15.1. The molecule has 0 atom stereocenters. The van der Waals surface area contributed by atoms with Gasteiger partial charge in [0.2, 0.25) is 11.8 Å². The summed E-state index contributed by atoms with van der Waals surface area (Å²) in [5.41, 5.74) is -0.770. The number of carboxylic acid groups (broad SMARTS) is 1. The van der Waals surface area contributed by atoms with Crippen LogP contribution in [0.4, 0.5) is 0 Å². The van der Waals surface area contributed by atoms with E-state index in [2.05, 4.69) is 10.6 Å². The molecule has 2 fully saturated rings. The van der Waals surface area contributed by atoms with E-state index in [1.807, 2.05) is 6.92 Å². The Labute approximate surface area is 143 Å². The third-order valence-electron chi connectivity index (χ3n) is 5.49. The molecule has 0 aliphatic heterocycles. The average Bonchev–Trinajstić information content (AvgIpc) is 2.60.